The molecule has 7 aliphatic heterocycles. The zero-order valence-corrected chi connectivity index (χ0v) is 77.8. The van der Waals surface area contributed by atoms with Gasteiger partial charge in [-0.1, -0.05) is 51.8 Å². The first-order valence-corrected chi connectivity index (χ1v) is 55.8. The van der Waals surface area contributed by atoms with Gasteiger partial charge in [-0.05, 0) is 187 Å². The fourth-order valence-corrected chi connectivity index (χ4v) is 18.5. The van der Waals surface area contributed by atoms with Crippen LogP contribution in [0.5, 0.6) is 0 Å². The molecule has 0 bridgehead atoms. The Balaban J connectivity index is 0.000000236. The van der Waals surface area contributed by atoms with Gasteiger partial charge in [0.15, 0.2) is 41.7 Å². The third kappa shape index (κ3) is 29.9. The molecule has 34 nitrogen and oxygen atoms in total. The quantitative estimate of drug-likeness (QED) is 0.0205. The van der Waals surface area contributed by atoms with Crippen molar-refractivity contribution < 1.29 is 89.1 Å². The number of carbonyl (C=O) groups excluding carboxylic acids is 3. The fraction of sp³-hybridized carbons (Fsp3) is 0.585. The molecule has 684 valence electrons. The van der Waals surface area contributed by atoms with Crippen LogP contribution in [-0.4, -0.2) is 347 Å². The molecule has 0 aromatic carbocycles. The van der Waals surface area contributed by atoms with Crippen LogP contribution in [0.15, 0.2) is 116 Å². The number of nitrogens with one attached hydrogen (secondary N) is 6. The molecule has 0 radical (unpaired) electrons. The summed E-state index contributed by atoms with van der Waals surface area (Å²) in [7, 11) is 0. The zero-order valence-electron chi connectivity index (χ0n) is 72.5. The van der Waals surface area contributed by atoms with Crippen molar-refractivity contribution in [3.63, 3.8) is 0 Å². The smallest absolute Gasteiger partial charge is 0.330 e. The first-order chi connectivity index (χ1) is 56.5. The van der Waals surface area contributed by atoms with Crippen LogP contribution in [0.25, 0.3) is 12.2 Å². The van der Waals surface area contributed by atoms with Crippen LogP contribution in [0.4, 0.5) is 0 Å². The molecular weight excluding hydrogens is 1690 g/mol. The summed E-state index contributed by atoms with van der Waals surface area (Å²) in [6, 6.07) is 0. The minimum absolute atomic E-state index is 0.0679. The molecular formula is C82H132N11O23P5S. The highest BCUT2D eigenvalue weighted by Gasteiger charge is 2.50. The molecule has 2 amide bonds. The molecule has 5 fully saturated rings. The Hall–Kier alpha value is -6.29. The number of hydrogen-bond donors (Lipinski definition) is 16. The number of ether oxygens (including phenoxy) is 5. The van der Waals surface area contributed by atoms with Crippen molar-refractivity contribution in [3.05, 3.63) is 165 Å². The summed E-state index contributed by atoms with van der Waals surface area (Å²) in [5.41, 5.74) is -1.16. The Kier molecular flexibility index (Phi) is 38.5. The Morgan fingerprint density at radius 2 is 0.820 bits per heavy atom. The van der Waals surface area contributed by atoms with Gasteiger partial charge in [-0.15, -0.1) is 65.9 Å². The number of carbonyl (C=O) groups is 3. The van der Waals surface area contributed by atoms with Crippen molar-refractivity contribution in [1.29, 1.82) is 0 Å². The molecule has 40 heteroatoms. The lowest BCUT2D eigenvalue weighted by atomic mass is 10.1. The monoisotopic (exact) mass is 1830 g/mol. The van der Waals surface area contributed by atoms with Crippen LogP contribution >= 0.6 is 46.6 Å². The van der Waals surface area contributed by atoms with E-state index in [9.17, 15) is 89.4 Å². The summed E-state index contributed by atoms with van der Waals surface area (Å²) in [5, 5.41) is 111. The van der Waals surface area contributed by atoms with E-state index in [-0.39, 0.29) is 33.5 Å². The van der Waals surface area contributed by atoms with Crippen LogP contribution in [0.3, 0.4) is 0 Å². The molecule has 16 N–H and O–H groups in total. The molecule has 20 atom stereocenters. The number of hydrogen-bond acceptors (Lipinski definition) is 27. The lowest BCUT2D eigenvalue weighted by Gasteiger charge is -2.34. The summed E-state index contributed by atoms with van der Waals surface area (Å²) >= 11 is 5.24. The van der Waals surface area contributed by atoms with Gasteiger partial charge in [-0.25, -0.2) is 9.59 Å². The van der Waals surface area contributed by atoms with Crippen LogP contribution in [0.2, 0.25) is 0 Å². The highest BCUT2D eigenvalue weighted by atomic mass is 32.1. The number of allylic oxidation sites excluding steroid dienone is 2. The maximum atomic E-state index is 12.1. The van der Waals surface area contributed by atoms with E-state index in [1.165, 1.54) is 53.2 Å². The number of aromatic amines is 3. The van der Waals surface area contributed by atoms with Gasteiger partial charge < -0.3 is 100 Å². The Morgan fingerprint density at radius 3 is 1.16 bits per heavy atom. The molecule has 3 aromatic rings. The van der Waals surface area contributed by atoms with Gasteiger partial charge in [-0.3, -0.25) is 57.4 Å². The number of amides is 2. The van der Waals surface area contributed by atoms with Crippen molar-refractivity contribution in [2.24, 2.45) is 0 Å². The third-order valence-electron chi connectivity index (χ3n) is 20.5. The molecule has 10 rings (SSSR count). The summed E-state index contributed by atoms with van der Waals surface area (Å²) in [5.74, 6) is -0.169. The van der Waals surface area contributed by atoms with E-state index in [2.05, 4.69) is 149 Å². The largest absolute Gasteiger partial charge is 0.388 e. The van der Waals surface area contributed by atoms with E-state index in [0.717, 1.165) is 59.3 Å². The average Bonchev–Trinajstić information content (AvgIpc) is 1.66. The molecule has 0 saturated carbocycles. The zero-order chi connectivity index (χ0) is 91.9. The third-order valence-corrected chi connectivity index (χ3v) is 28.2. The number of aromatic nitrogens is 6. The minimum atomic E-state index is -1.33. The van der Waals surface area contributed by atoms with Crippen molar-refractivity contribution >= 4 is 108 Å². The predicted octanol–water partition coefficient (Wildman–Crippen LogP) is 2.50. The highest BCUT2D eigenvalue weighted by molar-refractivity contribution is 7.73. The predicted molar refractivity (Wildman–Crippen MR) is 496 cm³/mol. The summed E-state index contributed by atoms with van der Waals surface area (Å²) < 4.78 is 32.9. The summed E-state index contributed by atoms with van der Waals surface area (Å²) in [4.78, 5) is 104. The summed E-state index contributed by atoms with van der Waals surface area (Å²) in [6.45, 7) is 34.0. The fourth-order valence-electron chi connectivity index (χ4n) is 13.5. The number of aliphatic hydroxyl groups is 10. The van der Waals surface area contributed by atoms with Crippen LogP contribution < -0.4 is 44.0 Å². The van der Waals surface area contributed by atoms with Crippen LogP contribution in [0.1, 0.15) is 108 Å². The summed E-state index contributed by atoms with van der Waals surface area (Å²) in [6.07, 6.45) is 25.9. The molecule has 3 aromatic heterocycles. The standard InChI is InChI=1S/C17H30N3O4PS.C17H25N2O6P.C17H27N2O5P.C16H25N2O4P.C15H25N2O4P/c1-5-7-18-9-11-10-20(17(26)19-15(11)23)16-14(22)13(21)12(24-16)6-8-25(2,3)4;1-10(20)5-6-11-9-19(17(24)18-15(11)23)16-14(22)13(21)12(25-16)7-8-26(2,3)4;1-5-6-7-11-10-19(17(23)18-15(11)22)16-14(21)13(20)12(24-16)8-9-25(2,3)4;1-6-11-9-18(10(2)17-15(11)21)16-14(20)13(19)12(22-16)7-8-23(3,4)5;1-9-8-17(10(2)16-14(9)20)15-13(19)12(18)11(21-15)6-7-22(3,4)5/h10,12-14,16,18,21-22H,2,5-9H2,1,3-4H3,(H,19,23,26);5-6,9,12-14,16,21-22H,2,7-8H2,1,3-4H3,(H,18,23,24);6-7,10,12-14,16,20-21H,2,5,8-9H2,1,3-4H3,(H,18,22,23);6,9,12-14,16,19-20H,1-3,7-8H2,4-5H3,(H,17,21);8,11-13,15,18-19H,2-3,6-7H2,1,4-5H3,(H,16,20)/b;6-5+;7-6+;;/t4*12?,13-,14-,16?;11?,12-,13-,15?/m11111/s1. The second kappa shape index (κ2) is 44.9. The van der Waals surface area contributed by atoms with Gasteiger partial charge in [-0.2, -0.15) is 0 Å². The average molecular weight is 1830 g/mol. The number of ketones is 1. The van der Waals surface area contributed by atoms with Gasteiger partial charge >= 0.3 is 11.4 Å². The Morgan fingerprint density at radius 1 is 0.484 bits per heavy atom. The van der Waals surface area contributed by atoms with Crippen LogP contribution in [0, 0.1) is 4.77 Å². The van der Waals surface area contributed by atoms with Crippen molar-refractivity contribution in [1.82, 2.24) is 54.4 Å². The lowest BCUT2D eigenvalue weighted by molar-refractivity contribution is -0.120. The molecule has 10 unspecified atom stereocenters. The number of rotatable bonds is 29. The molecule has 5 saturated heterocycles. The number of aliphatic hydroxyl groups excluding tert-OH is 10. The van der Waals surface area contributed by atoms with Crippen molar-refractivity contribution in [2.45, 2.75) is 202 Å². The van der Waals surface area contributed by atoms with E-state index in [0.29, 0.717) is 72.6 Å². The van der Waals surface area contributed by atoms with Crippen molar-refractivity contribution in [3.8, 4) is 0 Å². The maximum absolute atomic E-state index is 12.1. The second-order valence-corrected chi connectivity index (χ2v) is 56.9. The van der Waals surface area contributed by atoms with Crippen LogP contribution in [-0.2, 0) is 44.6 Å². The number of nitrogens with zero attached hydrogens (tertiary/aromatic N) is 5. The molecule has 0 aliphatic carbocycles. The van der Waals surface area contributed by atoms with Gasteiger partial charge in [0.05, 0.1) is 47.2 Å². The highest BCUT2D eigenvalue weighted by Crippen LogP contribution is 2.44. The van der Waals surface area contributed by atoms with Gasteiger partial charge in [0.1, 0.15) is 72.7 Å². The lowest BCUT2D eigenvalue weighted by Crippen LogP contribution is -2.47. The SMILES string of the molecule is C=C1NC(=O)C(C)=CN1C1OC(CCP(=C)(C)C)[C@@H](O)[C@H]1O.C=CC1=CN(C2OC(CCP(=C)(C)C)[C@@H](O)[C@H]2O)C(=C)NC1=O.C=P(C)(C)CCC1OC(n2cc(/C=C/C(C)=O)c(=O)[nH]c2=O)[C@H](O)[C@@H]1O.C=P(C)(C)CCC1OC(n2cc(/C=C/CC)c(=O)[nH]c2=O)[C@H](O)[C@@H]1O.C=P(C)(C)CCC1OC(n2cc(CNCCC)c(=O)[nH]c2=S)[C@H](O)[C@@H]1O. The molecule has 0 spiro atoms. The van der Waals surface area contributed by atoms with Gasteiger partial charge in [0, 0.05) is 48.7 Å². The Labute approximate surface area is 718 Å². The van der Waals surface area contributed by atoms with E-state index in [1.54, 1.807) is 36.4 Å². The first kappa shape index (κ1) is 104. The van der Waals surface area contributed by atoms with Crippen molar-refractivity contribution in [2.75, 3.05) is 104 Å². The van der Waals surface area contributed by atoms with E-state index >= 15 is 0 Å². The first-order valence-electron chi connectivity index (χ1n) is 40.2. The molecule has 7 aliphatic rings. The second-order valence-electron chi connectivity index (χ2n) is 34.9. The Bertz CT molecular complexity index is 4980. The maximum Gasteiger partial charge on any atom is 0.330 e. The topological polar surface area (TPSA) is 490 Å². The normalized spacial score (nSPS) is 28.8. The molecule has 122 heavy (non-hydrogen) atoms. The number of H-pyrrole nitrogens is 3. The molecule has 10 heterocycles. The minimum Gasteiger partial charge on any atom is -0.388 e. The van der Waals surface area contributed by atoms with E-state index in [4.69, 9.17) is 35.9 Å². The van der Waals surface area contributed by atoms with E-state index in [1.807, 2.05) is 13.8 Å². The van der Waals surface area contributed by atoms with Gasteiger partial charge in [0.2, 0.25) is 0 Å². The van der Waals surface area contributed by atoms with Gasteiger partial charge in [0.25, 0.3) is 28.5 Å². The van der Waals surface area contributed by atoms with E-state index < -0.39 is 180 Å².